The van der Waals surface area contributed by atoms with Gasteiger partial charge in [0.2, 0.25) is 0 Å². The van der Waals surface area contributed by atoms with Crippen LogP contribution in [0.1, 0.15) is 32.3 Å². The van der Waals surface area contributed by atoms with Crippen molar-refractivity contribution in [1.82, 2.24) is 0 Å². The van der Waals surface area contributed by atoms with Gasteiger partial charge in [0.05, 0.1) is 39.3 Å². The van der Waals surface area contributed by atoms with Gasteiger partial charge in [-0.3, -0.25) is 0 Å². The van der Waals surface area contributed by atoms with E-state index < -0.39 is 5.41 Å². The maximum Gasteiger partial charge on any atom is 0.161 e. The van der Waals surface area contributed by atoms with E-state index in [-0.39, 0.29) is 18.3 Å². The second-order valence-corrected chi connectivity index (χ2v) is 10.4. The average Bonchev–Trinajstić information content (AvgIpc) is 2.90. The van der Waals surface area contributed by atoms with Gasteiger partial charge < -0.3 is 26.8 Å². The molecule has 37 heavy (non-hydrogen) atoms. The van der Waals surface area contributed by atoms with Crippen molar-refractivity contribution >= 4 is 11.6 Å². The fourth-order valence-electron chi connectivity index (χ4n) is 5.88. The minimum Gasteiger partial charge on any atom is -1.00 e. The molecule has 0 saturated carbocycles. The number of nitrogens with one attached hydrogen (secondary N) is 1. The zero-order valence-electron chi connectivity index (χ0n) is 22.6. The Morgan fingerprint density at radius 2 is 1.76 bits per heavy atom. The quantitative estimate of drug-likeness (QED) is 0.496. The van der Waals surface area contributed by atoms with Gasteiger partial charge in [-0.15, -0.1) is 0 Å². The van der Waals surface area contributed by atoms with Crippen molar-refractivity contribution in [3.05, 3.63) is 82.8 Å². The standard InChI is InChI=1S/C32H38N2O2.ClH/c1-23(2)32(22-33,26-15-16-30(35-4)31(20-26)36-5)17-10-18-34(3)21-29-27-13-8-6-11-24(27)19-25-12-7-9-14-28(25)29;/h6-9,11-16,19-20,23-24,27H,10,17-18,21H2,1-5H3;1H. The van der Waals surface area contributed by atoms with Crippen LogP contribution in [0.4, 0.5) is 0 Å². The van der Waals surface area contributed by atoms with Crippen molar-refractivity contribution in [1.29, 1.82) is 5.26 Å². The Labute approximate surface area is 228 Å². The number of halogens is 1. The Balaban J connectivity index is 0.00000380. The molecule has 0 radical (unpaired) electrons. The Morgan fingerprint density at radius 1 is 1.03 bits per heavy atom. The third-order valence-corrected chi connectivity index (χ3v) is 8.01. The number of benzene rings is 2. The van der Waals surface area contributed by atoms with Gasteiger partial charge >= 0.3 is 0 Å². The number of nitriles is 1. The van der Waals surface area contributed by atoms with Crippen LogP contribution >= 0.6 is 0 Å². The number of rotatable bonds is 10. The lowest BCUT2D eigenvalue weighted by Crippen LogP contribution is -3.09. The highest BCUT2D eigenvalue weighted by molar-refractivity contribution is 5.60. The molecule has 0 aromatic heterocycles. The van der Waals surface area contributed by atoms with Crippen LogP contribution in [0.2, 0.25) is 0 Å². The number of allylic oxidation sites excluding steroid dienone is 4. The van der Waals surface area contributed by atoms with Crippen molar-refractivity contribution in [2.75, 3.05) is 34.4 Å². The number of quaternary nitrogens is 1. The molecule has 0 saturated heterocycles. The number of hydrogen-bond donors (Lipinski definition) is 1. The second-order valence-electron chi connectivity index (χ2n) is 10.4. The van der Waals surface area contributed by atoms with Crippen molar-refractivity contribution in [3.8, 4) is 17.6 Å². The highest BCUT2D eigenvalue weighted by atomic mass is 35.5. The van der Waals surface area contributed by atoms with E-state index in [0.717, 1.165) is 31.5 Å². The van der Waals surface area contributed by atoms with E-state index in [1.54, 1.807) is 14.2 Å². The molecule has 0 fully saturated rings. The fourth-order valence-corrected chi connectivity index (χ4v) is 5.88. The van der Waals surface area contributed by atoms with Crippen molar-refractivity contribution in [2.45, 2.75) is 32.1 Å². The molecule has 0 aliphatic heterocycles. The third kappa shape index (κ3) is 5.79. The van der Waals surface area contributed by atoms with E-state index in [4.69, 9.17) is 9.47 Å². The van der Waals surface area contributed by atoms with E-state index in [1.165, 1.54) is 20.9 Å². The maximum atomic E-state index is 10.4. The SMILES string of the molecule is COc1ccc(C(C#N)(CCC[NH+](C)CC2=c3ccccc3=CC3C=CC=CC23)C(C)C)cc1OC.[Cl-]. The summed E-state index contributed by atoms with van der Waals surface area (Å²) in [5.41, 5.74) is 1.95. The van der Waals surface area contributed by atoms with E-state index in [1.807, 2.05) is 18.2 Å². The Bertz CT molecular complexity index is 1310. The number of nitrogens with zero attached hydrogens (tertiary/aromatic N) is 1. The molecule has 2 aliphatic carbocycles. The number of hydrogen-bond acceptors (Lipinski definition) is 3. The molecule has 2 aromatic rings. The average molecular weight is 519 g/mol. The van der Waals surface area contributed by atoms with Crippen LogP contribution in [0.25, 0.3) is 11.6 Å². The molecule has 5 heteroatoms. The molecular formula is C32H39ClN2O2. The van der Waals surface area contributed by atoms with Gasteiger partial charge in [-0.25, -0.2) is 0 Å². The van der Waals surface area contributed by atoms with E-state index in [9.17, 15) is 5.26 Å². The van der Waals surface area contributed by atoms with Gasteiger partial charge in [0.25, 0.3) is 0 Å². The monoisotopic (exact) mass is 518 g/mol. The van der Waals surface area contributed by atoms with Gasteiger partial charge in [0, 0.05) is 11.8 Å². The van der Waals surface area contributed by atoms with Gasteiger partial charge in [0.1, 0.15) is 6.54 Å². The van der Waals surface area contributed by atoms with Crippen molar-refractivity contribution in [2.24, 2.45) is 17.8 Å². The summed E-state index contributed by atoms with van der Waals surface area (Å²) in [4.78, 5) is 1.48. The van der Waals surface area contributed by atoms with E-state index >= 15 is 0 Å². The highest BCUT2D eigenvalue weighted by Gasteiger charge is 2.37. The summed E-state index contributed by atoms with van der Waals surface area (Å²) in [6.45, 7) is 6.30. The molecule has 0 spiro atoms. The summed E-state index contributed by atoms with van der Waals surface area (Å²) in [6.07, 6.45) is 13.2. The molecular weight excluding hydrogens is 480 g/mol. The lowest BCUT2D eigenvalue weighted by atomic mass is 9.69. The van der Waals surface area contributed by atoms with Crippen LogP contribution in [-0.4, -0.2) is 34.4 Å². The molecule has 4 rings (SSSR count). The normalized spacial score (nSPS) is 20.0. The molecule has 1 N–H and O–H groups in total. The third-order valence-electron chi connectivity index (χ3n) is 8.01. The summed E-state index contributed by atoms with van der Waals surface area (Å²) in [7, 11) is 5.56. The highest BCUT2D eigenvalue weighted by Crippen LogP contribution is 2.40. The predicted octanol–water partition coefficient (Wildman–Crippen LogP) is 0.423. The van der Waals surface area contributed by atoms with Crippen molar-refractivity contribution in [3.63, 3.8) is 0 Å². The first-order valence-corrected chi connectivity index (χ1v) is 13.0. The topological polar surface area (TPSA) is 46.7 Å². The molecule has 0 heterocycles. The van der Waals surface area contributed by atoms with Crippen LogP contribution in [0.5, 0.6) is 11.5 Å². The minimum absolute atomic E-state index is 0. The number of fused-ring (bicyclic) bond motifs is 2. The van der Waals surface area contributed by atoms with Crippen LogP contribution < -0.4 is 37.2 Å². The molecule has 0 bridgehead atoms. The molecule has 2 aliphatic rings. The van der Waals surface area contributed by atoms with Crippen LogP contribution in [0.15, 0.2) is 66.8 Å². The molecule has 196 valence electrons. The summed E-state index contributed by atoms with van der Waals surface area (Å²) >= 11 is 0. The predicted molar refractivity (Wildman–Crippen MR) is 146 cm³/mol. The van der Waals surface area contributed by atoms with Gasteiger partial charge in [0.15, 0.2) is 11.5 Å². The first kappa shape index (κ1) is 28.6. The Kier molecular flexibility index (Phi) is 9.65. The summed E-state index contributed by atoms with van der Waals surface area (Å²) in [5.74, 6) is 2.40. The molecule has 4 atom stereocenters. The lowest BCUT2D eigenvalue weighted by molar-refractivity contribution is -0.872. The van der Waals surface area contributed by atoms with E-state index in [2.05, 4.69) is 81.6 Å². The lowest BCUT2D eigenvalue weighted by Gasteiger charge is -2.32. The first-order valence-electron chi connectivity index (χ1n) is 13.0. The molecule has 2 aromatic carbocycles. The second kappa shape index (κ2) is 12.5. The molecule has 0 amide bonds. The smallest absolute Gasteiger partial charge is 0.161 e. The summed E-state index contributed by atoms with van der Waals surface area (Å²) < 4.78 is 11.0. The molecule has 4 nitrogen and oxygen atoms in total. The largest absolute Gasteiger partial charge is 1.00 e. The van der Waals surface area contributed by atoms with Gasteiger partial charge in [-0.2, -0.15) is 5.26 Å². The summed E-state index contributed by atoms with van der Waals surface area (Å²) in [6, 6.07) is 17.4. The van der Waals surface area contributed by atoms with Crippen LogP contribution in [0.3, 0.4) is 0 Å². The van der Waals surface area contributed by atoms with E-state index in [0.29, 0.717) is 23.3 Å². The first-order chi connectivity index (χ1) is 17.4. The van der Waals surface area contributed by atoms with Gasteiger partial charge in [-0.1, -0.05) is 74.6 Å². The number of ether oxygens (including phenoxy) is 2. The summed E-state index contributed by atoms with van der Waals surface area (Å²) in [5, 5.41) is 13.1. The Morgan fingerprint density at radius 3 is 2.46 bits per heavy atom. The molecule has 4 unspecified atom stereocenters. The number of methoxy groups -OCH3 is 2. The van der Waals surface area contributed by atoms with Crippen LogP contribution in [0, 0.1) is 29.1 Å². The fraction of sp³-hybridized carbons (Fsp3) is 0.406. The Hall–Kier alpha value is -3.00. The van der Waals surface area contributed by atoms with Gasteiger partial charge in [-0.05, 0) is 52.5 Å². The van der Waals surface area contributed by atoms with Crippen LogP contribution in [-0.2, 0) is 5.41 Å². The zero-order valence-corrected chi connectivity index (χ0v) is 23.4. The minimum atomic E-state index is -0.568. The van der Waals surface area contributed by atoms with Crippen molar-refractivity contribution < 1.29 is 26.8 Å². The maximum absolute atomic E-state index is 10.4. The zero-order chi connectivity index (χ0) is 25.7.